The molecule has 2 aromatic rings. The zero-order valence-electron chi connectivity index (χ0n) is 14.0. The van der Waals surface area contributed by atoms with E-state index in [1.54, 1.807) is 36.2 Å². The lowest BCUT2D eigenvalue weighted by atomic mass is 10.0. The molecule has 0 radical (unpaired) electrons. The van der Waals surface area contributed by atoms with Crippen LogP contribution in [0.25, 0.3) is 0 Å². The number of anilines is 1. The highest BCUT2D eigenvalue weighted by molar-refractivity contribution is 6.06. The summed E-state index contributed by atoms with van der Waals surface area (Å²) >= 11 is 0. The molecule has 0 atom stereocenters. The SMILES string of the molecule is CC(C)c1cccc(N(C)C(=O)c2cccc(OCC(=O)O)c2)c1. The van der Waals surface area contributed by atoms with E-state index in [1.807, 2.05) is 24.3 Å². The van der Waals surface area contributed by atoms with E-state index in [1.165, 1.54) is 0 Å². The van der Waals surface area contributed by atoms with Crippen molar-refractivity contribution in [2.24, 2.45) is 0 Å². The highest BCUT2D eigenvalue weighted by Crippen LogP contribution is 2.23. The molecule has 0 saturated heterocycles. The van der Waals surface area contributed by atoms with Crippen LogP contribution >= 0.6 is 0 Å². The molecule has 2 aromatic carbocycles. The Morgan fingerprint density at radius 3 is 2.50 bits per heavy atom. The minimum absolute atomic E-state index is 0.184. The normalized spacial score (nSPS) is 10.5. The van der Waals surface area contributed by atoms with E-state index < -0.39 is 12.6 Å². The van der Waals surface area contributed by atoms with Gasteiger partial charge in [-0.1, -0.05) is 32.0 Å². The number of carbonyl (C=O) groups is 2. The van der Waals surface area contributed by atoms with Crippen molar-refractivity contribution in [2.45, 2.75) is 19.8 Å². The van der Waals surface area contributed by atoms with Gasteiger partial charge in [0.2, 0.25) is 0 Å². The smallest absolute Gasteiger partial charge is 0.341 e. The van der Waals surface area contributed by atoms with Gasteiger partial charge in [0, 0.05) is 18.3 Å². The molecule has 0 saturated carbocycles. The van der Waals surface area contributed by atoms with E-state index in [-0.39, 0.29) is 5.91 Å². The Hall–Kier alpha value is -2.82. The second-order valence-electron chi connectivity index (χ2n) is 5.82. The van der Waals surface area contributed by atoms with Crippen molar-refractivity contribution >= 4 is 17.6 Å². The third-order valence-corrected chi connectivity index (χ3v) is 3.67. The number of carbonyl (C=O) groups excluding carboxylic acids is 1. The number of amides is 1. The number of carboxylic acids is 1. The average molecular weight is 327 g/mol. The van der Waals surface area contributed by atoms with Crippen molar-refractivity contribution in [1.29, 1.82) is 0 Å². The van der Waals surface area contributed by atoms with Crippen LogP contribution in [0.4, 0.5) is 5.69 Å². The Balaban J connectivity index is 2.20. The second kappa shape index (κ2) is 7.64. The summed E-state index contributed by atoms with van der Waals surface area (Å²) in [5, 5.41) is 8.66. The fraction of sp³-hybridized carbons (Fsp3) is 0.263. The Morgan fingerprint density at radius 2 is 1.83 bits per heavy atom. The number of hydrogen-bond acceptors (Lipinski definition) is 3. The van der Waals surface area contributed by atoms with E-state index in [0.717, 1.165) is 11.3 Å². The Bertz CT molecular complexity index is 740. The lowest BCUT2D eigenvalue weighted by Crippen LogP contribution is -2.26. The largest absolute Gasteiger partial charge is 0.482 e. The summed E-state index contributed by atoms with van der Waals surface area (Å²) in [5.74, 6) is -0.514. The van der Waals surface area contributed by atoms with E-state index in [4.69, 9.17) is 9.84 Å². The van der Waals surface area contributed by atoms with Gasteiger partial charge in [-0.3, -0.25) is 4.79 Å². The summed E-state index contributed by atoms with van der Waals surface area (Å²) in [5.41, 5.74) is 2.41. The molecular weight excluding hydrogens is 306 g/mol. The maximum absolute atomic E-state index is 12.7. The van der Waals surface area contributed by atoms with Crippen LogP contribution in [0.2, 0.25) is 0 Å². The van der Waals surface area contributed by atoms with Gasteiger partial charge in [-0.2, -0.15) is 0 Å². The first kappa shape index (κ1) is 17.5. The number of rotatable bonds is 6. The van der Waals surface area contributed by atoms with Crippen LogP contribution in [0.15, 0.2) is 48.5 Å². The van der Waals surface area contributed by atoms with Crippen LogP contribution in [0.3, 0.4) is 0 Å². The lowest BCUT2D eigenvalue weighted by Gasteiger charge is -2.19. The second-order valence-corrected chi connectivity index (χ2v) is 5.82. The highest BCUT2D eigenvalue weighted by atomic mass is 16.5. The Labute approximate surface area is 141 Å². The molecule has 0 aromatic heterocycles. The molecule has 0 aliphatic carbocycles. The molecule has 0 heterocycles. The van der Waals surface area contributed by atoms with Crippen LogP contribution in [0.1, 0.15) is 35.7 Å². The Morgan fingerprint density at radius 1 is 1.12 bits per heavy atom. The summed E-state index contributed by atoms with van der Waals surface area (Å²) in [7, 11) is 1.71. The summed E-state index contributed by atoms with van der Waals surface area (Å²) in [4.78, 5) is 24.8. The molecule has 24 heavy (non-hydrogen) atoms. The molecule has 0 unspecified atom stereocenters. The fourth-order valence-electron chi connectivity index (χ4n) is 2.27. The summed E-state index contributed by atoms with van der Waals surface area (Å²) in [6.45, 7) is 3.76. The first-order valence-corrected chi connectivity index (χ1v) is 7.71. The predicted octanol–water partition coefficient (Wildman–Crippen LogP) is 3.55. The van der Waals surface area contributed by atoms with Gasteiger partial charge in [-0.05, 0) is 41.8 Å². The van der Waals surface area contributed by atoms with E-state index in [2.05, 4.69) is 13.8 Å². The molecule has 126 valence electrons. The van der Waals surface area contributed by atoms with Crippen LogP contribution in [-0.2, 0) is 4.79 Å². The van der Waals surface area contributed by atoms with Gasteiger partial charge < -0.3 is 14.7 Å². The molecule has 0 aliphatic heterocycles. The number of aliphatic carboxylic acids is 1. The van der Waals surface area contributed by atoms with Gasteiger partial charge >= 0.3 is 5.97 Å². The van der Waals surface area contributed by atoms with Crippen LogP contribution in [0.5, 0.6) is 5.75 Å². The van der Waals surface area contributed by atoms with Crippen molar-refractivity contribution in [3.05, 3.63) is 59.7 Å². The number of nitrogens with zero attached hydrogens (tertiary/aromatic N) is 1. The zero-order chi connectivity index (χ0) is 17.7. The predicted molar refractivity (Wildman–Crippen MR) is 92.8 cm³/mol. The van der Waals surface area contributed by atoms with Gasteiger partial charge in [0.25, 0.3) is 5.91 Å². The van der Waals surface area contributed by atoms with Crippen molar-refractivity contribution in [1.82, 2.24) is 0 Å². The molecular formula is C19H21NO4. The topological polar surface area (TPSA) is 66.8 Å². The molecule has 1 amide bonds. The summed E-state index contributed by atoms with van der Waals surface area (Å²) < 4.78 is 5.12. The molecule has 0 spiro atoms. The third-order valence-electron chi connectivity index (χ3n) is 3.67. The zero-order valence-corrected chi connectivity index (χ0v) is 14.0. The maximum Gasteiger partial charge on any atom is 0.341 e. The number of hydrogen-bond donors (Lipinski definition) is 1. The van der Waals surface area contributed by atoms with E-state index in [0.29, 0.717) is 17.2 Å². The molecule has 0 aliphatic rings. The highest BCUT2D eigenvalue weighted by Gasteiger charge is 2.15. The lowest BCUT2D eigenvalue weighted by molar-refractivity contribution is -0.139. The minimum Gasteiger partial charge on any atom is -0.482 e. The summed E-state index contributed by atoms with van der Waals surface area (Å²) in [6.07, 6.45) is 0. The first-order chi connectivity index (χ1) is 11.4. The molecule has 5 heteroatoms. The van der Waals surface area contributed by atoms with Crippen molar-refractivity contribution in [3.8, 4) is 5.75 Å². The van der Waals surface area contributed by atoms with Crippen LogP contribution in [-0.4, -0.2) is 30.6 Å². The average Bonchev–Trinajstić information content (AvgIpc) is 2.59. The molecule has 0 fully saturated rings. The number of carboxylic acid groups (broad SMARTS) is 1. The van der Waals surface area contributed by atoms with E-state index in [9.17, 15) is 9.59 Å². The van der Waals surface area contributed by atoms with Crippen molar-refractivity contribution in [2.75, 3.05) is 18.6 Å². The fourth-order valence-corrected chi connectivity index (χ4v) is 2.27. The molecule has 1 N–H and O–H groups in total. The van der Waals surface area contributed by atoms with Gasteiger partial charge in [0.1, 0.15) is 5.75 Å². The van der Waals surface area contributed by atoms with Crippen LogP contribution in [0, 0.1) is 0 Å². The third kappa shape index (κ3) is 4.35. The van der Waals surface area contributed by atoms with Gasteiger partial charge in [0.05, 0.1) is 0 Å². The molecule has 5 nitrogen and oxygen atoms in total. The van der Waals surface area contributed by atoms with Crippen molar-refractivity contribution in [3.63, 3.8) is 0 Å². The Kier molecular flexibility index (Phi) is 5.58. The number of ether oxygens (including phenoxy) is 1. The van der Waals surface area contributed by atoms with Gasteiger partial charge in [-0.25, -0.2) is 4.79 Å². The molecule has 0 bridgehead atoms. The standard InChI is InChI=1S/C19H21NO4/c1-13(2)14-6-4-8-16(10-14)20(3)19(23)15-7-5-9-17(11-15)24-12-18(21)22/h4-11,13H,12H2,1-3H3,(H,21,22). The first-order valence-electron chi connectivity index (χ1n) is 7.71. The summed E-state index contributed by atoms with van der Waals surface area (Å²) in [6, 6.07) is 14.4. The molecule has 2 rings (SSSR count). The van der Waals surface area contributed by atoms with E-state index >= 15 is 0 Å². The van der Waals surface area contributed by atoms with Crippen molar-refractivity contribution < 1.29 is 19.4 Å². The minimum atomic E-state index is -1.06. The van der Waals surface area contributed by atoms with Gasteiger partial charge in [0.15, 0.2) is 6.61 Å². The number of benzene rings is 2. The monoisotopic (exact) mass is 327 g/mol. The maximum atomic E-state index is 12.7. The van der Waals surface area contributed by atoms with Crippen LogP contribution < -0.4 is 9.64 Å². The van der Waals surface area contributed by atoms with Gasteiger partial charge in [-0.15, -0.1) is 0 Å². The quantitative estimate of drug-likeness (QED) is 0.881.